The van der Waals surface area contributed by atoms with Crippen molar-refractivity contribution < 1.29 is 18.7 Å². The summed E-state index contributed by atoms with van der Waals surface area (Å²) in [5.74, 6) is -0.542. The Bertz CT molecular complexity index is 1290. The summed E-state index contributed by atoms with van der Waals surface area (Å²) in [7, 11) is 3.35. The first-order chi connectivity index (χ1) is 16.9. The minimum Gasteiger partial charge on any atom is -0.444 e. The van der Waals surface area contributed by atoms with Crippen molar-refractivity contribution in [3.63, 3.8) is 0 Å². The normalized spacial score (nSPS) is 14.8. The Morgan fingerprint density at radius 2 is 1.89 bits per heavy atom. The Morgan fingerprint density at radius 3 is 2.50 bits per heavy atom. The van der Waals surface area contributed by atoms with Crippen molar-refractivity contribution >= 4 is 34.6 Å². The van der Waals surface area contributed by atoms with Gasteiger partial charge in [-0.25, -0.2) is 19.2 Å². The molecule has 8 nitrogen and oxygen atoms in total. The van der Waals surface area contributed by atoms with Gasteiger partial charge in [-0.3, -0.25) is 4.79 Å². The van der Waals surface area contributed by atoms with Gasteiger partial charge in [0.05, 0.1) is 11.1 Å². The highest BCUT2D eigenvalue weighted by molar-refractivity contribution is 6.31. The minimum absolute atomic E-state index is 0.00152. The number of carbonyl (C=O) groups excluding carboxylic acids is 2. The molecule has 192 valence electrons. The van der Waals surface area contributed by atoms with Crippen LogP contribution in [0.2, 0.25) is 5.02 Å². The zero-order chi connectivity index (χ0) is 26.2. The zero-order valence-electron chi connectivity index (χ0n) is 21.2. The quantitative estimate of drug-likeness (QED) is 0.483. The zero-order valence-corrected chi connectivity index (χ0v) is 22.0. The molecule has 3 aromatic rings. The molecule has 0 unspecified atom stereocenters. The lowest BCUT2D eigenvalue weighted by molar-refractivity contribution is 0.0189. The third-order valence-electron chi connectivity index (χ3n) is 6.22. The van der Waals surface area contributed by atoms with E-state index in [2.05, 4.69) is 9.97 Å². The highest BCUT2D eigenvalue weighted by Gasteiger charge is 2.29. The molecule has 0 spiro atoms. The maximum atomic E-state index is 15.2. The second-order valence-electron chi connectivity index (χ2n) is 10.3. The van der Waals surface area contributed by atoms with Crippen molar-refractivity contribution in [2.24, 2.45) is 0 Å². The first-order valence-corrected chi connectivity index (χ1v) is 12.3. The van der Waals surface area contributed by atoms with E-state index in [1.54, 1.807) is 37.2 Å². The lowest BCUT2D eigenvalue weighted by Crippen LogP contribution is -2.42. The number of likely N-dealkylation sites (tertiary alicyclic amines) is 1. The lowest BCUT2D eigenvalue weighted by Gasteiger charge is -2.34. The molecule has 4 rings (SSSR count). The maximum absolute atomic E-state index is 15.2. The molecule has 1 aliphatic heterocycles. The summed E-state index contributed by atoms with van der Waals surface area (Å²) >= 11 is 6.47. The van der Waals surface area contributed by atoms with Crippen molar-refractivity contribution in [3.05, 3.63) is 58.4 Å². The number of carbonyl (C=O) groups is 2. The van der Waals surface area contributed by atoms with Gasteiger partial charge in [0, 0.05) is 56.4 Å². The number of aromatic nitrogens is 3. The fourth-order valence-corrected chi connectivity index (χ4v) is 4.67. The van der Waals surface area contributed by atoms with E-state index >= 15 is 4.39 Å². The molecule has 2 aromatic heterocycles. The van der Waals surface area contributed by atoms with E-state index < -0.39 is 11.4 Å². The number of nitrogens with zero attached hydrogens (tertiary/aromatic N) is 5. The molecule has 1 fully saturated rings. The molecule has 3 heterocycles. The Morgan fingerprint density at radius 1 is 1.19 bits per heavy atom. The molecule has 10 heteroatoms. The van der Waals surface area contributed by atoms with Crippen LogP contribution in [0.3, 0.4) is 0 Å². The smallest absolute Gasteiger partial charge is 0.410 e. The number of ether oxygens (including phenoxy) is 1. The molecule has 0 N–H and O–H groups in total. The summed E-state index contributed by atoms with van der Waals surface area (Å²) < 4.78 is 22.5. The van der Waals surface area contributed by atoms with E-state index in [-0.39, 0.29) is 18.0 Å². The summed E-state index contributed by atoms with van der Waals surface area (Å²) in [6.45, 7) is 6.57. The lowest BCUT2D eigenvalue weighted by atomic mass is 10.0. The molecule has 1 aromatic carbocycles. The summed E-state index contributed by atoms with van der Waals surface area (Å²) in [5.41, 5.74) is 1.72. The van der Waals surface area contributed by atoms with Gasteiger partial charge in [0.1, 0.15) is 17.6 Å². The van der Waals surface area contributed by atoms with Gasteiger partial charge in [0.2, 0.25) is 0 Å². The van der Waals surface area contributed by atoms with Crippen LogP contribution in [0.4, 0.5) is 9.18 Å². The molecule has 2 amide bonds. The fourth-order valence-electron chi connectivity index (χ4n) is 4.43. The Balaban J connectivity index is 1.54. The Kier molecular flexibility index (Phi) is 7.22. The van der Waals surface area contributed by atoms with Crippen LogP contribution in [0.1, 0.15) is 61.3 Å². The van der Waals surface area contributed by atoms with Crippen LogP contribution in [-0.4, -0.2) is 69.1 Å². The van der Waals surface area contributed by atoms with Gasteiger partial charge in [0.25, 0.3) is 5.91 Å². The van der Waals surface area contributed by atoms with E-state index in [0.717, 1.165) is 5.56 Å². The molecular formula is C26H31ClFN5O3. The Labute approximate surface area is 215 Å². The predicted octanol–water partition coefficient (Wildman–Crippen LogP) is 5.09. The van der Waals surface area contributed by atoms with Gasteiger partial charge in [-0.15, -0.1) is 0 Å². The highest BCUT2D eigenvalue weighted by Crippen LogP contribution is 2.32. The van der Waals surface area contributed by atoms with E-state index in [4.69, 9.17) is 16.3 Å². The average Bonchev–Trinajstić information content (AvgIpc) is 3.16. The Hall–Kier alpha value is -3.20. The number of hydrogen-bond donors (Lipinski definition) is 0. The van der Waals surface area contributed by atoms with E-state index in [1.165, 1.54) is 17.4 Å². The van der Waals surface area contributed by atoms with Crippen LogP contribution in [0.15, 0.2) is 30.7 Å². The third-order valence-corrected chi connectivity index (χ3v) is 6.57. The van der Waals surface area contributed by atoms with Gasteiger partial charge < -0.3 is 19.1 Å². The largest absolute Gasteiger partial charge is 0.444 e. The van der Waals surface area contributed by atoms with Crippen LogP contribution >= 0.6 is 11.6 Å². The molecule has 36 heavy (non-hydrogen) atoms. The number of benzene rings is 1. The van der Waals surface area contributed by atoms with Crippen molar-refractivity contribution in [3.8, 4) is 0 Å². The van der Waals surface area contributed by atoms with Gasteiger partial charge in [-0.1, -0.05) is 17.7 Å². The predicted molar refractivity (Wildman–Crippen MR) is 136 cm³/mol. The van der Waals surface area contributed by atoms with E-state index in [9.17, 15) is 9.59 Å². The third kappa shape index (κ3) is 5.46. The molecule has 0 aliphatic carbocycles. The second kappa shape index (κ2) is 10.0. The number of amides is 2. The first-order valence-electron chi connectivity index (χ1n) is 11.9. The van der Waals surface area contributed by atoms with Crippen LogP contribution in [0.25, 0.3) is 11.0 Å². The second-order valence-corrected chi connectivity index (χ2v) is 10.7. The molecule has 1 aliphatic rings. The molecule has 0 saturated carbocycles. The number of rotatable bonds is 4. The average molecular weight is 516 g/mol. The van der Waals surface area contributed by atoms with Crippen molar-refractivity contribution in [2.45, 2.75) is 51.7 Å². The molecule has 0 atom stereocenters. The summed E-state index contributed by atoms with van der Waals surface area (Å²) in [5, 5.41) is 0.778. The number of hydrogen-bond acceptors (Lipinski definition) is 5. The van der Waals surface area contributed by atoms with Crippen LogP contribution in [0.5, 0.6) is 0 Å². The summed E-state index contributed by atoms with van der Waals surface area (Å²) in [6, 6.07) is 5.10. The number of halogens is 2. The monoisotopic (exact) mass is 515 g/mol. The summed E-state index contributed by atoms with van der Waals surface area (Å²) in [4.78, 5) is 36.5. The summed E-state index contributed by atoms with van der Waals surface area (Å²) in [6.07, 6.45) is 4.19. The van der Waals surface area contributed by atoms with Crippen molar-refractivity contribution in [1.82, 2.24) is 24.3 Å². The molecule has 1 saturated heterocycles. The van der Waals surface area contributed by atoms with Crippen molar-refractivity contribution in [1.29, 1.82) is 0 Å². The number of piperidine rings is 1. The van der Waals surface area contributed by atoms with Gasteiger partial charge in [-0.2, -0.15) is 0 Å². The van der Waals surface area contributed by atoms with E-state index in [0.29, 0.717) is 59.7 Å². The highest BCUT2D eigenvalue weighted by atomic mass is 35.5. The topological polar surface area (TPSA) is 80.6 Å². The van der Waals surface area contributed by atoms with Crippen LogP contribution in [0, 0.1) is 5.82 Å². The van der Waals surface area contributed by atoms with Crippen LogP contribution in [-0.2, 0) is 11.2 Å². The van der Waals surface area contributed by atoms with Gasteiger partial charge >= 0.3 is 6.09 Å². The number of fused-ring (bicyclic) bond motifs is 1. The first kappa shape index (κ1) is 25.9. The van der Waals surface area contributed by atoms with E-state index in [1.807, 2.05) is 25.3 Å². The maximum Gasteiger partial charge on any atom is 0.410 e. The van der Waals surface area contributed by atoms with Crippen molar-refractivity contribution in [2.75, 3.05) is 27.2 Å². The minimum atomic E-state index is -0.549. The van der Waals surface area contributed by atoms with Crippen LogP contribution < -0.4 is 0 Å². The SMILES string of the molecule is CN(C)C(=O)c1ccc(Cc2ncnc3c2c(F)cn3C2CCN(C(=O)OC(C)(C)C)CC2)c(Cl)c1. The standard InChI is InChI=1S/C26H31ClFN5O3/c1-26(2,3)36-25(35)32-10-8-18(9-11-32)33-14-20(28)22-21(29-15-30-23(22)33)13-16-6-7-17(12-19(16)27)24(34)31(4)5/h6-7,12,14-15,18H,8-11,13H2,1-5H3. The van der Waals surface area contributed by atoms with Gasteiger partial charge in [0.15, 0.2) is 5.82 Å². The fraction of sp³-hybridized carbons (Fsp3) is 0.462. The molecular weight excluding hydrogens is 485 g/mol. The molecule has 0 bridgehead atoms. The van der Waals surface area contributed by atoms with Gasteiger partial charge in [-0.05, 0) is 51.3 Å². The molecule has 0 radical (unpaired) electrons.